The summed E-state index contributed by atoms with van der Waals surface area (Å²) >= 11 is 0. The molecule has 1 aliphatic carbocycles. The van der Waals surface area contributed by atoms with Crippen molar-refractivity contribution in [3.8, 4) is 11.1 Å². The Morgan fingerprint density at radius 1 is 0.969 bits per heavy atom. The smallest absolute Gasteiger partial charge is 0.407 e. The molecule has 0 fully saturated rings. The fraction of sp³-hybridized carbons (Fsp3) is 0.348. The van der Waals surface area contributed by atoms with Gasteiger partial charge in [0.25, 0.3) is 0 Å². The van der Waals surface area contributed by atoms with Crippen LogP contribution in [0.3, 0.4) is 0 Å². The van der Waals surface area contributed by atoms with Gasteiger partial charge in [0.15, 0.2) is 0 Å². The Balaban J connectivity index is 0.00000363. The number of nitrogens with one attached hydrogen (secondary N) is 2. The SMILES string of the molecule is CC(C)(C)OC(=O)NC[C@H](NC(=O)OCC1c2ccccc2-c2ccccc21)C(=O)O.O. The van der Waals surface area contributed by atoms with Crippen molar-refractivity contribution in [1.29, 1.82) is 0 Å². The molecule has 32 heavy (non-hydrogen) atoms. The second-order valence-corrected chi connectivity index (χ2v) is 8.24. The first-order valence-corrected chi connectivity index (χ1v) is 9.97. The van der Waals surface area contributed by atoms with Crippen LogP contribution in [0.25, 0.3) is 11.1 Å². The standard InChI is InChI=1S/C23H26N2O6.H2O/c1-23(2,3)31-21(28)24-12-19(20(26)27)25-22(29)30-13-18-16-10-6-4-8-14(16)15-9-5-7-11-17(15)18;/h4-11,18-19H,12-13H2,1-3H3,(H,24,28)(H,25,29)(H,26,27);1H2/t19-;/m0./s1. The predicted molar refractivity (Wildman–Crippen MR) is 117 cm³/mol. The van der Waals surface area contributed by atoms with Crippen molar-refractivity contribution < 1.29 is 34.4 Å². The van der Waals surface area contributed by atoms with Gasteiger partial charge in [-0.3, -0.25) is 0 Å². The van der Waals surface area contributed by atoms with Crippen LogP contribution in [0.5, 0.6) is 0 Å². The number of carbonyl (C=O) groups excluding carboxylic acids is 2. The maximum absolute atomic E-state index is 12.3. The van der Waals surface area contributed by atoms with Crippen LogP contribution in [-0.4, -0.2) is 53.5 Å². The fourth-order valence-corrected chi connectivity index (χ4v) is 3.48. The van der Waals surface area contributed by atoms with Gasteiger partial charge in [0, 0.05) is 5.92 Å². The maximum Gasteiger partial charge on any atom is 0.407 e. The molecule has 172 valence electrons. The molecule has 0 saturated heterocycles. The van der Waals surface area contributed by atoms with Gasteiger partial charge >= 0.3 is 18.2 Å². The Kier molecular flexibility index (Phi) is 7.82. The second kappa shape index (κ2) is 10.1. The monoisotopic (exact) mass is 444 g/mol. The zero-order chi connectivity index (χ0) is 22.6. The summed E-state index contributed by atoms with van der Waals surface area (Å²) in [5, 5.41) is 14.0. The molecule has 2 amide bonds. The second-order valence-electron chi connectivity index (χ2n) is 8.24. The van der Waals surface area contributed by atoms with Gasteiger partial charge in [0.2, 0.25) is 0 Å². The molecule has 0 spiro atoms. The molecule has 0 radical (unpaired) electrons. The molecular weight excluding hydrogens is 416 g/mol. The van der Waals surface area contributed by atoms with E-state index in [0.29, 0.717) is 0 Å². The molecule has 0 bridgehead atoms. The van der Waals surface area contributed by atoms with Crippen molar-refractivity contribution in [2.75, 3.05) is 13.2 Å². The topological polar surface area (TPSA) is 145 Å². The minimum absolute atomic E-state index is 0. The third kappa shape index (κ3) is 5.98. The first kappa shape index (κ1) is 24.7. The average molecular weight is 444 g/mol. The highest BCUT2D eigenvalue weighted by molar-refractivity contribution is 5.81. The third-order valence-electron chi connectivity index (χ3n) is 4.78. The van der Waals surface area contributed by atoms with Crippen LogP contribution in [0.4, 0.5) is 9.59 Å². The first-order valence-electron chi connectivity index (χ1n) is 9.97. The number of hydrogen-bond acceptors (Lipinski definition) is 5. The summed E-state index contributed by atoms with van der Waals surface area (Å²) in [5.41, 5.74) is 3.58. The molecule has 0 saturated carbocycles. The zero-order valence-corrected chi connectivity index (χ0v) is 18.2. The summed E-state index contributed by atoms with van der Waals surface area (Å²) in [6, 6.07) is 14.5. The molecule has 2 aromatic carbocycles. The van der Waals surface area contributed by atoms with E-state index in [2.05, 4.69) is 10.6 Å². The number of carboxylic acid groups (broad SMARTS) is 1. The Morgan fingerprint density at radius 2 is 1.50 bits per heavy atom. The van der Waals surface area contributed by atoms with Gasteiger partial charge in [-0.1, -0.05) is 48.5 Å². The Morgan fingerprint density at radius 3 is 2.00 bits per heavy atom. The number of carbonyl (C=O) groups is 3. The molecule has 5 N–H and O–H groups in total. The van der Waals surface area contributed by atoms with Crippen LogP contribution in [0, 0.1) is 0 Å². The lowest BCUT2D eigenvalue weighted by Gasteiger charge is -2.21. The molecule has 3 rings (SSSR count). The largest absolute Gasteiger partial charge is 0.480 e. The zero-order valence-electron chi connectivity index (χ0n) is 18.2. The Labute approximate surface area is 186 Å². The highest BCUT2D eigenvalue weighted by Crippen LogP contribution is 2.44. The molecule has 9 nitrogen and oxygen atoms in total. The number of ether oxygens (including phenoxy) is 2. The number of aliphatic carboxylic acids is 1. The maximum atomic E-state index is 12.3. The molecule has 1 atom stereocenters. The quantitative estimate of drug-likeness (QED) is 0.624. The molecule has 0 unspecified atom stereocenters. The van der Waals surface area contributed by atoms with Gasteiger partial charge in [-0.15, -0.1) is 0 Å². The number of carboxylic acids is 1. The van der Waals surface area contributed by atoms with Gasteiger partial charge in [-0.25, -0.2) is 14.4 Å². The number of alkyl carbamates (subject to hydrolysis) is 2. The van der Waals surface area contributed by atoms with Crippen LogP contribution in [-0.2, 0) is 14.3 Å². The van der Waals surface area contributed by atoms with Crippen molar-refractivity contribution >= 4 is 18.2 Å². The van der Waals surface area contributed by atoms with E-state index in [4.69, 9.17) is 9.47 Å². The van der Waals surface area contributed by atoms with Crippen molar-refractivity contribution in [2.45, 2.75) is 38.3 Å². The number of fused-ring (bicyclic) bond motifs is 3. The van der Waals surface area contributed by atoms with E-state index < -0.39 is 29.8 Å². The third-order valence-corrected chi connectivity index (χ3v) is 4.78. The summed E-state index contributed by atoms with van der Waals surface area (Å²) in [7, 11) is 0. The van der Waals surface area contributed by atoms with Gasteiger partial charge < -0.3 is 30.7 Å². The van der Waals surface area contributed by atoms with E-state index in [0.717, 1.165) is 22.3 Å². The number of amides is 2. The van der Waals surface area contributed by atoms with E-state index in [1.165, 1.54) is 0 Å². The Bertz CT molecular complexity index is 939. The van der Waals surface area contributed by atoms with E-state index >= 15 is 0 Å². The lowest BCUT2D eigenvalue weighted by molar-refractivity contribution is -0.139. The lowest BCUT2D eigenvalue weighted by Crippen LogP contribution is -2.49. The van der Waals surface area contributed by atoms with Crippen molar-refractivity contribution in [3.05, 3.63) is 59.7 Å². The van der Waals surface area contributed by atoms with E-state index in [-0.39, 0.29) is 24.5 Å². The highest BCUT2D eigenvalue weighted by atomic mass is 16.6. The van der Waals surface area contributed by atoms with Crippen LogP contribution < -0.4 is 10.6 Å². The van der Waals surface area contributed by atoms with Gasteiger partial charge in [0.1, 0.15) is 18.2 Å². The van der Waals surface area contributed by atoms with E-state index in [1.54, 1.807) is 20.8 Å². The van der Waals surface area contributed by atoms with Crippen LogP contribution in [0.2, 0.25) is 0 Å². The molecule has 0 aromatic heterocycles. The predicted octanol–water partition coefficient (Wildman–Crippen LogP) is 2.68. The number of hydrogen-bond donors (Lipinski definition) is 3. The van der Waals surface area contributed by atoms with Gasteiger partial charge in [0.05, 0.1) is 6.54 Å². The van der Waals surface area contributed by atoms with Gasteiger partial charge in [-0.05, 0) is 43.0 Å². The van der Waals surface area contributed by atoms with E-state index in [1.807, 2.05) is 48.5 Å². The molecule has 9 heteroatoms. The minimum atomic E-state index is -1.36. The molecule has 0 heterocycles. The molecule has 2 aromatic rings. The number of rotatable bonds is 6. The van der Waals surface area contributed by atoms with Crippen molar-refractivity contribution in [3.63, 3.8) is 0 Å². The lowest BCUT2D eigenvalue weighted by atomic mass is 9.98. The van der Waals surface area contributed by atoms with Crippen LogP contribution in [0.15, 0.2) is 48.5 Å². The highest BCUT2D eigenvalue weighted by Gasteiger charge is 2.30. The normalized spacial score (nSPS) is 13.1. The van der Waals surface area contributed by atoms with Crippen molar-refractivity contribution in [1.82, 2.24) is 10.6 Å². The summed E-state index contributed by atoms with van der Waals surface area (Å²) in [4.78, 5) is 35.5. The van der Waals surface area contributed by atoms with Gasteiger partial charge in [-0.2, -0.15) is 0 Å². The summed E-state index contributed by atoms with van der Waals surface area (Å²) in [5.74, 6) is -1.44. The fourth-order valence-electron chi connectivity index (χ4n) is 3.48. The van der Waals surface area contributed by atoms with Crippen LogP contribution in [0.1, 0.15) is 37.8 Å². The van der Waals surface area contributed by atoms with Crippen molar-refractivity contribution in [2.24, 2.45) is 0 Å². The average Bonchev–Trinajstić information content (AvgIpc) is 3.02. The number of benzene rings is 2. The molecular formula is C23H28N2O7. The van der Waals surface area contributed by atoms with E-state index in [9.17, 15) is 19.5 Å². The minimum Gasteiger partial charge on any atom is -0.480 e. The summed E-state index contributed by atoms with van der Waals surface area (Å²) in [6.45, 7) is 4.79. The summed E-state index contributed by atoms with van der Waals surface area (Å²) in [6.07, 6.45) is -1.65. The first-order chi connectivity index (χ1) is 14.7. The summed E-state index contributed by atoms with van der Waals surface area (Å²) < 4.78 is 10.4. The Hall–Kier alpha value is -3.59. The van der Waals surface area contributed by atoms with Crippen LogP contribution >= 0.6 is 0 Å². The molecule has 1 aliphatic rings. The molecule has 0 aliphatic heterocycles.